The van der Waals surface area contributed by atoms with E-state index in [1.807, 2.05) is 63.3 Å². The van der Waals surface area contributed by atoms with Gasteiger partial charge in [0, 0.05) is 6.54 Å². The molecule has 0 bridgehead atoms. The Kier molecular flexibility index (Phi) is 6.04. The highest BCUT2D eigenvalue weighted by atomic mass is 16.6. The summed E-state index contributed by atoms with van der Waals surface area (Å²) in [6.45, 7) is 9.88. The Morgan fingerprint density at radius 3 is 2.55 bits per heavy atom. The van der Waals surface area contributed by atoms with E-state index in [2.05, 4.69) is 11.9 Å². The van der Waals surface area contributed by atoms with Gasteiger partial charge in [0.15, 0.2) is 0 Å². The Morgan fingerprint density at radius 2 is 1.95 bits per heavy atom. The van der Waals surface area contributed by atoms with Gasteiger partial charge in [0.25, 0.3) is 0 Å². The number of carbonyl (C=O) groups is 1. The number of carbonyl (C=O) groups excluding carboxylic acids is 1. The molecule has 1 N–H and O–H groups in total. The summed E-state index contributed by atoms with van der Waals surface area (Å²) < 4.78 is 5.15. The van der Waals surface area contributed by atoms with Crippen LogP contribution >= 0.6 is 0 Å². The van der Waals surface area contributed by atoms with Crippen LogP contribution in [0, 0.1) is 0 Å². The lowest BCUT2D eigenvalue weighted by Crippen LogP contribution is -2.32. The highest BCUT2D eigenvalue weighted by molar-refractivity contribution is 5.67. The van der Waals surface area contributed by atoms with Crippen LogP contribution in [-0.2, 0) is 4.74 Å². The van der Waals surface area contributed by atoms with Crippen molar-refractivity contribution < 1.29 is 9.53 Å². The van der Waals surface area contributed by atoms with Crippen molar-refractivity contribution in [3.8, 4) is 0 Å². The molecule has 0 unspecified atom stereocenters. The molecule has 1 amide bonds. The smallest absolute Gasteiger partial charge is 0.407 e. The summed E-state index contributed by atoms with van der Waals surface area (Å²) in [6, 6.07) is 8.03. The summed E-state index contributed by atoms with van der Waals surface area (Å²) >= 11 is 0. The van der Waals surface area contributed by atoms with Crippen molar-refractivity contribution in [3.63, 3.8) is 0 Å². The Balaban J connectivity index is 2.36. The number of hydrogen-bond donors (Lipinski definition) is 1. The molecule has 1 rings (SSSR count). The molecule has 0 aliphatic carbocycles. The first-order valence-corrected chi connectivity index (χ1v) is 6.77. The predicted molar refractivity (Wildman–Crippen MR) is 84.4 cm³/mol. The highest BCUT2D eigenvalue weighted by Crippen LogP contribution is 2.12. The molecule has 3 nitrogen and oxygen atoms in total. The molecule has 0 saturated heterocycles. The normalized spacial score (nSPS) is 11.3. The Bertz CT molecular complexity index is 484. The van der Waals surface area contributed by atoms with Crippen LogP contribution in [0.5, 0.6) is 0 Å². The second-order valence-electron chi connectivity index (χ2n) is 5.45. The molecule has 1 aromatic rings. The van der Waals surface area contributed by atoms with Gasteiger partial charge in [-0.15, -0.1) is 0 Å². The highest BCUT2D eigenvalue weighted by Gasteiger charge is 2.15. The van der Waals surface area contributed by atoms with Gasteiger partial charge in [0.05, 0.1) is 0 Å². The number of amides is 1. The van der Waals surface area contributed by atoms with Crippen LogP contribution in [0.1, 0.15) is 38.3 Å². The second-order valence-corrected chi connectivity index (χ2v) is 5.45. The molecule has 0 spiro atoms. The monoisotopic (exact) mass is 273 g/mol. The largest absolute Gasteiger partial charge is 0.444 e. The first-order valence-electron chi connectivity index (χ1n) is 6.77. The molecular formula is C17H23NO2. The molecule has 3 heteroatoms. The van der Waals surface area contributed by atoms with Gasteiger partial charge < -0.3 is 10.1 Å². The number of rotatable bonds is 5. The van der Waals surface area contributed by atoms with Crippen molar-refractivity contribution in [2.45, 2.75) is 32.8 Å². The predicted octanol–water partition coefficient (Wildman–Crippen LogP) is 4.26. The van der Waals surface area contributed by atoms with Gasteiger partial charge in [-0.3, -0.25) is 0 Å². The second kappa shape index (κ2) is 7.53. The number of hydrogen-bond acceptors (Lipinski definition) is 2. The minimum Gasteiger partial charge on any atom is -0.444 e. The summed E-state index contributed by atoms with van der Waals surface area (Å²) in [5, 5.41) is 2.72. The van der Waals surface area contributed by atoms with Gasteiger partial charge in [-0.25, -0.2) is 4.79 Å². The molecule has 0 aliphatic rings. The fourth-order valence-corrected chi connectivity index (χ4v) is 1.63. The summed E-state index contributed by atoms with van der Waals surface area (Å²) in [5.74, 6) is 0. The average molecular weight is 273 g/mol. The molecule has 0 fully saturated rings. The van der Waals surface area contributed by atoms with Crippen molar-refractivity contribution in [3.05, 3.63) is 48.0 Å². The maximum atomic E-state index is 11.4. The van der Waals surface area contributed by atoms with Crippen LogP contribution in [0.2, 0.25) is 0 Å². The lowest BCUT2D eigenvalue weighted by atomic mass is 10.1. The van der Waals surface area contributed by atoms with Crippen LogP contribution in [0.15, 0.2) is 36.9 Å². The standard InChI is InChI=1S/C17H23NO2/c1-5-14-10-6-7-11-15(14)12-8-9-13-18-16(19)20-17(2,3)4/h5-8,10-12H,1,9,13H2,2-4H3,(H,18,19). The molecule has 0 saturated carbocycles. The van der Waals surface area contributed by atoms with Gasteiger partial charge in [-0.05, 0) is 38.3 Å². The third kappa shape index (κ3) is 6.23. The SMILES string of the molecule is C=Cc1ccccc1C=CCCNC(=O)OC(C)(C)C. The van der Waals surface area contributed by atoms with Crippen molar-refractivity contribution in [1.82, 2.24) is 5.32 Å². The zero-order chi connectivity index (χ0) is 15.0. The molecule has 108 valence electrons. The van der Waals surface area contributed by atoms with Gasteiger partial charge in [0.1, 0.15) is 5.60 Å². The third-order valence-electron chi connectivity index (χ3n) is 2.49. The maximum Gasteiger partial charge on any atom is 0.407 e. The molecule has 0 heterocycles. The topological polar surface area (TPSA) is 38.3 Å². The minimum atomic E-state index is -0.456. The van der Waals surface area contributed by atoms with Crippen LogP contribution in [0.3, 0.4) is 0 Å². The maximum absolute atomic E-state index is 11.4. The van der Waals surface area contributed by atoms with E-state index in [9.17, 15) is 4.79 Å². The Hall–Kier alpha value is -2.03. The molecule has 0 radical (unpaired) electrons. The van der Waals surface area contributed by atoms with Gasteiger partial charge in [-0.1, -0.05) is 49.1 Å². The summed E-state index contributed by atoms with van der Waals surface area (Å²) in [4.78, 5) is 11.4. The van der Waals surface area contributed by atoms with E-state index >= 15 is 0 Å². The molecule has 0 atom stereocenters. The minimum absolute atomic E-state index is 0.377. The zero-order valence-corrected chi connectivity index (χ0v) is 12.5. The number of nitrogens with one attached hydrogen (secondary N) is 1. The quantitative estimate of drug-likeness (QED) is 0.814. The molecule has 0 aromatic heterocycles. The van der Waals surface area contributed by atoms with Gasteiger partial charge in [0.2, 0.25) is 0 Å². The molecular weight excluding hydrogens is 250 g/mol. The first kappa shape index (κ1) is 16.0. The number of benzene rings is 1. The summed E-state index contributed by atoms with van der Waals surface area (Å²) in [7, 11) is 0. The fourth-order valence-electron chi connectivity index (χ4n) is 1.63. The first-order chi connectivity index (χ1) is 9.42. The van der Waals surface area contributed by atoms with Gasteiger partial charge in [-0.2, -0.15) is 0 Å². The van der Waals surface area contributed by atoms with E-state index in [1.54, 1.807) is 0 Å². The van der Waals surface area contributed by atoms with E-state index in [0.29, 0.717) is 6.54 Å². The number of ether oxygens (including phenoxy) is 1. The average Bonchev–Trinajstić information content (AvgIpc) is 2.36. The van der Waals surface area contributed by atoms with Crippen molar-refractivity contribution in [2.75, 3.05) is 6.54 Å². The van der Waals surface area contributed by atoms with Crippen LogP contribution in [-0.4, -0.2) is 18.2 Å². The molecule has 20 heavy (non-hydrogen) atoms. The van der Waals surface area contributed by atoms with Crippen LogP contribution < -0.4 is 5.32 Å². The molecule has 1 aromatic carbocycles. The zero-order valence-electron chi connectivity index (χ0n) is 12.5. The van der Waals surface area contributed by atoms with Crippen LogP contribution in [0.25, 0.3) is 12.2 Å². The van der Waals surface area contributed by atoms with Crippen molar-refractivity contribution in [2.24, 2.45) is 0 Å². The lowest BCUT2D eigenvalue weighted by molar-refractivity contribution is 0.0529. The summed E-state index contributed by atoms with van der Waals surface area (Å²) in [6.07, 6.45) is 6.27. The van der Waals surface area contributed by atoms with Crippen molar-refractivity contribution >= 4 is 18.2 Å². The summed E-state index contributed by atoms with van der Waals surface area (Å²) in [5.41, 5.74) is 1.77. The lowest BCUT2D eigenvalue weighted by Gasteiger charge is -2.19. The Labute approximate surface area is 121 Å². The van der Waals surface area contributed by atoms with Crippen LogP contribution in [0.4, 0.5) is 4.79 Å². The molecule has 0 aliphatic heterocycles. The number of alkyl carbamates (subject to hydrolysis) is 1. The van der Waals surface area contributed by atoms with E-state index in [0.717, 1.165) is 17.5 Å². The van der Waals surface area contributed by atoms with E-state index in [1.165, 1.54) is 0 Å². The fraction of sp³-hybridized carbons (Fsp3) is 0.353. The van der Waals surface area contributed by atoms with Gasteiger partial charge >= 0.3 is 6.09 Å². The third-order valence-corrected chi connectivity index (χ3v) is 2.49. The van der Waals surface area contributed by atoms with E-state index in [-0.39, 0.29) is 6.09 Å². The van der Waals surface area contributed by atoms with E-state index in [4.69, 9.17) is 4.74 Å². The Morgan fingerprint density at radius 1 is 1.30 bits per heavy atom. The van der Waals surface area contributed by atoms with E-state index < -0.39 is 5.60 Å². The van der Waals surface area contributed by atoms with Crippen molar-refractivity contribution in [1.29, 1.82) is 0 Å².